The smallest absolute Gasteiger partial charge is 0.175 e. The fraction of sp³-hybridized carbons (Fsp3) is 0.125. The summed E-state index contributed by atoms with van der Waals surface area (Å²) in [5, 5.41) is 9.13. The number of phenols is 1. The first kappa shape index (κ1) is 9.98. The van der Waals surface area contributed by atoms with E-state index >= 15 is 0 Å². The average molecular weight is 248 g/mol. The molecule has 70 valence electrons. The Hall–Kier alpha value is -1.10. The number of nitrogens with two attached hydrogens (primary N) is 1. The molecule has 0 unspecified atom stereocenters. The second-order valence-corrected chi connectivity index (χ2v) is 3.00. The van der Waals surface area contributed by atoms with E-state index in [1.54, 1.807) is 0 Å². The number of phenolic OH excluding ortho intramolecular Hbond substituents is 1. The van der Waals surface area contributed by atoms with Gasteiger partial charge in [-0.05, 0) is 6.07 Å². The van der Waals surface area contributed by atoms with Crippen molar-refractivity contribution in [2.45, 2.75) is 0 Å². The average Bonchev–Trinajstić information content (AvgIpc) is 2.10. The third kappa shape index (κ3) is 1.98. The van der Waals surface area contributed by atoms with Gasteiger partial charge in [-0.1, -0.05) is 15.9 Å². The van der Waals surface area contributed by atoms with E-state index in [0.29, 0.717) is 0 Å². The summed E-state index contributed by atoms with van der Waals surface area (Å²) in [5.41, 5.74) is 5.27. The lowest BCUT2D eigenvalue weighted by Crippen LogP contribution is -2.05. The first-order valence-corrected chi connectivity index (χ1v) is 4.55. The molecule has 0 aliphatic heterocycles. The number of carbonyl (C=O) groups excluding carboxylic acids is 1. The number of aromatic hydroxyl groups is 1. The van der Waals surface area contributed by atoms with Gasteiger partial charge in [-0.3, -0.25) is 4.79 Å². The number of anilines is 1. The van der Waals surface area contributed by atoms with Crippen molar-refractivity contribution in [1.29, 1.82) is 0 Å². The number of ketones is 1. The van der Waals surface area contributed by atoms with Gasteiger partial charge in [-0.2, -0.15) is 0 Å². The summed E-state index contributed by atoms with van der Waals surface area (Å²) in [6.07, 6.45) is 0. The van der Waals surface area contributed by atoms with Gasteiger partial charge in [0.15, 0.2) is 5.78 Å². The van der Waals surface area contributed by atoms with Gasteiger partial charge in [0.1, 0.15) is 11.6 Å². The van der Waals surface area contributed by atoms with Gasteiger partial charge in [0, 0.05) is 11.6 Å². The number of alkyl halides is 1. The molecule has 0 fully saturated rings. The van der Waals surface area contributed by atoms with E-state index in [1.165, 1.54) is 0 Å². The molecule has 0 saturated carbocycles. The Balaban J connectivity index is 3.28. The molecule has 0 aromatic heterocycles. The van der Waals surface area contributed by atoms with E-state index in [0.717, 1.165) is 12.1 Å². The molecule has 1 aromatic carbocycles. The minimum absolute atomic E-state index is 0.00521. The van der Waals surface area contributed by atoms with Crippen LogP contribution in [0.5, 0.6) is 5.75 Å². The molecule has 3 N–H and O–H groups in total. The predicted octanol–water partition coefficient (Wildman–Crippen LogP) is 1.69. The summed E-state index contributed by atoms with van der Waals surface area (Å²) in [5.74, 6) is -1.47. The molecule has 0 bridgehead atoms. The van der Waals surface area contributed by atoms with Crippen molar-refractivity contribution >= 4 is 27.4 Å². The summed E-state index contributed by atoms with van der Waals surface area (Å²) in [6, 6.07) is 1.86. The number of nitrogen functional groups attached to an aromatic ring is 1. The van der Waals surface area contributed by atoms with Gasteiger partial charge in [0.25, 0.3) is 0 Å². The van der Waals surface area contributed by atoms with Gasteiger partial charge >= 0.3 is 0 Å². The zero-order valence-corrected chi connectivity index (χ0v) is 8.14. The summed E-state index contributed by atoms with van der Waals surface area (Å²) in [7, 11) is 0. The van der Waals surface area contributed by atoms with Crippen LogP contribution in [0.4, 0.5) is 10.1 Å². The second-order valence-electron chi connectivity index (χ2n) is 2.44. The lowest BCUT2D eigenvalue weighted by atomic mass is 10.1. The molecule has 3 nitrogen and oxygen atoms in total. The van der Waals surface area contributed by atoms with Crippen LogP contribution in [0.15, 0.2) is 12.1 Å². The van der Waals surface area contributed by atoms with Crippen molar-refractivity contribution < 1.29 is 14.3 Å². The number of rotatable bonds is 2. The highest BCUT2D eigenvalue weighted by atomic mass is 79.9. The highest BCUT2D eigenvalue weighted by Gasteiger charge is 2.13. The van der Waals surface area contributed by atoms with E-state index < -0.39 is 11.6 Å². The first-order chi connectivity index (χ1) is 6.06. The Kier molecular flexibility index (Phi) is 2.87. The number of Topliss-reactive ketones (excluding diaryl/α,β-unsaturated/α-hetero) is 1. The Morgan fingerprint density at radius 2 is 2.23 bits per heavy atom. The van der Waals surface area contributed by atoms with E-state index in [-0.39, 0.29) is 22.4 Å². The molecule has 0 amide bonds. The molecule has 13 heavy (non-hydrogen) atoms. The largest absolute Gasteiger partial charge is 0.506 e. The van der Waals surface area contributed by atoms with Gasteiger partial charge in [-0.25, -0.2) is 4.39 Å². The molecule has 0 aliphatic rings. The summed E-state index contributed by atoms with van der Waals surface area (Å²) in [6.45, 7) is 0. The fourth-order valence-corrected chi connectivity index (χ4v) is 1.21. The van der Waals surface area contributed by atoms with Crippen LogP contribution in [0.2, 0.25) is 0 Å². The van der Waals surface area contributed by atoms with Crippen LogP contribution in [0.3, 0.4) is 0 Å². The quantitative estimate of drug-likeness (QED) is 0.362. The topological polar surface area (TPSA) is 63.3 Å². The second kappa shape index (κ2) is 3.74. The lowest BCUT2D eigenvalue weighted by molar-refractivity contribution is 0.102. The van der Waals surface area contributed by atoms with Crippen LogP contribution in [0, 0.1) is 5.82 Å². The van der Waals surface area contributed by atoms with Crippen molar-refractivity contribution in [3.05, 3.63) is 23.5 Å². The molecule has 0 spiro atoms. The lowest BCUT2D eigenvalue weighted by Gasteiger charge is -2.04. The maximum Gasteiger partial charge on any atom is 0.175 e. The van der Waals surface area contributed by atoms with Crippen LogP contribution in [0.1, 0.15) is 10.4 Å². The van der Waals surface area contributed by atoms with E-state index in [1.807, 2.05) is 0 Å². The Morgan fingerprint density at radius 1 is 1.62 bits per heavy atom. The number of carbonyl (C=O) groups is 1. The zero-order valence-electron chi connectivity index (χ0n) is 6.55. The molecular formula is C8H7BrFNO2. The molecular weight excluding hydrogens is 241 g/mol. The molecule has 0 aliphatic carbocycles. The van der Waals surface area contributed by atoms with Crippen molar-refractivity contribution in [1.82, 2.24) is 0 Å². The van der Waals surface area contributed by atoms with Crippen LogP contribution in [-0.4, -0.2) is 16.2 Å². The summed E-state index contributed by atoms with van der Waals surface area (Å²) < 4.78 is 12.7. The third-order valence-corrected chi connectivity index (χ3v) is 2.05. The van der Waals surface area contributed by atoms with Crippen LogP contribution in [0.25, 0.3) is 0 Å². The fourth-order valence-electron chi connectivity index (χ4n) is 0.906. The zero-order chi connectivity index (χ0) is 10.0. The van der Waals surface area contributed by atoms with Crippen LogP contribution >= 0.6 is 15.9 Å². The predicted molar refractivity (Wildman–Crippen MR) is 50.6 cm³/mol. The van der Waals surface area contributed by atoms with Crippen LogP contribution in [-0.2, 0) is 0 Å². The summed E-state index contributed by atoms with van der Waals surface area (Å²) >= 11 is 2.93. The molecule has 1 rings (SSSR count). The standard InChI is InChI=1S/C8H7BrFNO2/c9-3-7(13)5-1-4(10)2-6(12)8(5)11/h1-2,12H,3,11H2. The monoisotopic (exact) mass is 247 g/mol. The first-order valence-electron chi connectivity index (χ1n) is 3.43. The number of hydrogen-bond acceptors (Lipinski definition) is 3. The van der Waals surface area contributed by atoms with Gasteiger partial charge in [0.05, 0.1) is 11.0 Å². The number of halogens is 2. The molecule has 0 saturated heterocycles. The summed E-state index contributed by atoms with van der Waals surface area (Å²) in [4.78, 5) is 11.1. The third-order valence-electron chi connectivity index (χ3n) is 1.54. The van der Waals surface area contributed by atoms with Crippen molar-refractivity contribution in [3.8, 4) is 5.75 Å². The molecule has 0 radical (unpaired) electrons. The molecule has 0 atom stereocenters. The maximum absolute atomic E-state index is 12.7. The number of benzene rings is 1. The van der Waals surface area contributed by atoms with E-state index in [9.17, 15) is 9.18 Å². The Bertz CT molecular complexity index is 354. The van der Waals surface area contributed by atoms with Crippen LogP contribution < -0.4 is 5.73 Å². The highest BCUT2D eigenvalue weighted by molar-refractivity contribution is 9.09. The van der Waals surface area contributed by atoms with Gasteiger partial charge in [0.2, 0.25) is 0 Å². The maximum atomic E-state index is 12.7. The SMILES string of the molecule is Nc1c(O)cc(F)cc1C(=O)CBr. The minimum atomic E-state index is -0.684. The normalized spacial score (nSPS) is 10.0. The van der Waals surface area contributed by atoms with E-state index in [4.69, 9.17) is 10.8 Å². The van der Waals surface area contributed by atoms with Crippen molar-refractivity contribution in [2.24, 2.45) is 0 Å². The molecule has 0 heterocycles. The molecule has 5 heteroatoms. The Morgan fingerprint density at radius 3 is 2.77 bits per heavy atom. The van der Waals surface area contributed by atoms with Crippen molar-refractivity contribution in [2.75, 3.05) is 11.1 Å². The minimum Gasteiger partial charge on any atom is -0.506 e. The number of hydrogen-bond donors (Lipinski definition) is 2. The molecule has 1 aromatic rings. The Labute approximate surface area is 82.5 Å². The highest BCUT2D eigenvalue weighted by Crippen LogP contribution is 2.26. The van der Waals surface area contributed by atoms with Gasteiger partial charge in [-0.15, -0.1) is 0 Å². The van der Waals surface area contributed by atoms with Crippen molar-refractivity contribution in [3.63, 3.8) is 0 Å². The van der Waals surface area contributed by atoms with E-state index in [2.05, 4.69) is 15.9 Å². The van der Waals surface area contributed by atoms with Gasteiger partial charge < -0.3 is 10.8 Å².